The van der Waals surface area contributed by atoms with Gasteiger partial charge in [0, 0.05) is 6.42 Å². The number of carboxylic acid groups (broad SMARTS) is 1. The molecule has 0 aliphatic carbocycles. The quantitative estimate of drug-likeness (QED) is 0.263. The molecule has 23 heavy (non-hydrogen) atoms. The van der Waals surface area contributed by atoms with Crippen LogP contribution in [0.4, 0.5) is 0 Å². The SMILES string of the molecule is CCCCC/C=C\C/C=C\C[C@@H](O)/C=C\C=C\CCCC(=O)O. The van der Waals surface area contributed by atoms with Crippen LogP contribution in [0.25, 0.3) is 0 Å². The van der Waals surface area contributed by atoms with Gasteiger partial charge in [-0.3, -0.25) is 4.79 Å². The Labute approximate surface area is 141 Å². The van der Waals surface area contributed by atoms with Gasteiger partial charge in [-0.2, -0.15) is 0 Å². The zero-order valence-electron chi connectivity index (χ0n) is 14.4. The van der Waals surface area contributed by atoms with Gasteiger partial charge in [-0.05, 0) is 38.5 Å². The summed E-state index contributed by atoms with van der Waals surface area (Å²) in [5.74, 6) is -0.757. The summed E-state index contributed by atoms with van der Waals surface area (Å²) >= 11 is 0. The molecule has 0 amide bonds. The molecule has 0 saturated carbocycles. The van der Waals surface area contributed by atoms with Crippen LogP contribution in [0.2, 0.25) is 0 Å². The predicted octanol–water partition coefficient (Wildman–Crippen LogP) is 5.19. The van der Waals surface area contributed by atoms with E-state index < -0.39 is 12.1 Å². The normalized spacial score (nSPS) is 13.8. The third-order valence-electron chi connectivity index (χ3n) is 3.30. The molecule has 0 aliphatic heterocycles. The molecule has 0 rings (SSSR count). The maximum Gasteiger partial charge on any atom is 0.303 e. The zero-order valence-corrected chi connectivity index (χ0v) is 14.4. The van der Waals surface area contributed by atoms with Crippen LogP contribution >= 0.6 is 0 Å². The second kappa shape index (κ2) is 16.8. The van der Waals surface area contributed by atoms with Crippen LogP contribution in [-0.4, -0.2) is 22.3 Å². The molecular formula is C20H32O3. The topological polar surface area (TPSA) is 57.5 Å². The van der Waals surface area contributed by atoms with E-state index in [-0.39, 0.29) is 6.42 Å². The first-order valence-electron chi connectivity index (χ1n) is 8.70. The molecule has 0 saturated heterocycles. The van der Waals surface area contributed by atoms with Crippen molar-refractivity contribution in [2.45, 2.75) is 70.8 Å². The van der Waals surface area contributed by atoms with Gasteiger partial charge in [-0.25, -0.2) is 0 Å². The Morgan fingerprint density at radius 3 is 2.43 bits per heavy atom. The lowest BCUT2D eigenvalue weighted by Gasteiger charge is -1.98. The van der Waals surface area contributed by atoms with Gasteiger partial charge in [-0.1, -0.05) is 68.4 Å². The fraction of sp³-hybridized carbons (Fsp3) is 0.550. The van der Waals surface area contributed by atoms with E-state index in [1.807, 2.05) is 24.3 Å². The van der Waals surface area contributed by atoms with E-state index in [1.54, 1.807) is 6.08 Å². The minimum Gasteiger partial charge on any atom is -0.481 e. The number of aliphatic carboxylic acids is 1. The first-order chi connectivity index (χ1) is 11.2. The molecule has 3 nitrogen and oxygen atoms in total. The molecule has 0 heterocycles. The average Bonchev–Trinajstić information content (AvgIpc) is 2.52. The summed E-state index contributed by atoms with van der Waals surface area (Å²) in [6.45, 7) is 2.21. The molecule has 130 valence electrons. The van der Waals surface area contributed by atoms with Gasteiger partial charge in [0.1, 0.15) is 0 Å². The molecule has 0 aromatic rings. The van der Waals surface area contributed by atoms with Crippen LogP contribution < -0.4 is 0 Å². The lowest BCUT2D eigenvalue weighted by molar-refractivity contribution is -0.137. The lowest BCUT2D eigenvalue weighted by Crippen LogP contribution is -1.98. The number of aliphatic hydroxyl groups is 1. The van der Waals surface area contributed by atoms with E-state index in [1.165, 1.54) is 19.3 Å². The van der Waals surface area contributed by atoms with Crippen LogP contribution in [0, 0.1) is 0 Å². The molecule has 0 aromatic heterocycles. The summed E-state index contributed by atoms with van der Waals surface area (Å²) < 4.78 is 0. The van der Waals surface area contributed by atoms with Crippen LogP contribution in [0.1, 0.15) is 64.7 Å². The highest BCUT2D eigenvalue weighted by Crippen LogP contribution is 2.02. The van der Waals surface area contributed by atoms with Crippen molar-refractivity contribution in [2.24, 2.45) is 0 Å². The minimum atomic E-state index is -0.757. The maximum absolute atomic E-state index is 10.3. The average molecular weight is 320 g/mol. The lowest BCUT2D eigenvalue weighted by atomic mass is 10.2. The summed E-state index contributed by atoms with van der Waals surface area (Å²) in [7, 11) is 0. The fourth-order valence-corrected chi connectivity index (χ4v) is 1.95. The number of rotatable bonds is 14. The summed E-state index contributed by atoms with van der Waals surface area (Å²) in [5, 5.41) is 18.2. The monoisotopic (exact) mass is 320 g/mol. The van der Waals surface area contributed by atoms with Crippen molar-refractivity contribution < 1.29 is 15.0 Å². The van der Waals surface area contributed by atoms with Gasteiger partial charge >= 0.3 is 5.97 Å². The zero-order chi connectivity index (χ0) is 17.2. The number of hydrogen-bond acceptors (Lipinski definition) is 2. The molecular weight excluding hydrogens is 288 g/mol. The van der Waals surface area contributed by atoms with Gasteiger partial charge in [-0.15, -0.1) is 0 Å². The first kappa shape index (κ1) is 21.4. The fourth-order valence-electron chi connectivity index (χ4n) is 1.95. The largest absolute Gasteiger partial charge is 0.481 e. The van der Waals surface area contributed by atoms with Gasteiger partial charge in [0.05, 0.1) is 6.10 Å². The summed E-state index contributed by atoms with van der Waals surface area (Å²) in [6, 6.07) is 0. The number of allylic oxidation sites excluding steroid dienone is 6. The molecule has 3 heteroatoms. The molecule has 0 aliphatic rings. The first-order valence-corrected chi connectivity index (χ1v) is 8.70. The van der Waals surface area contributed by atoms with Crippen LogP contribution in [-0.2, 0) is 4.79 Å². The molecule has 0 aromatic carbocycles. The van der Waals surface area contributed by atoms with E-state index >= 15 is 0 Å². The highest BCUT2D eigenvalue weighted by Gasteiger charge is 1.94. The number of carbonyl (C=O) groups is 1. The minimum absolute atomic E-state index is 0.203. The molecule has 0 spiro atoms. The molecule has 0 bridgehead atoms. The van der Waals surface area contributed by atoms with Crippen molar-refractivity contribution in [1.82, 2.24) is 0 Å². The van der Waals surface area contributed by atoms with Crippen molar-refractivity contribution in [2.75, 3.05) is 0 Å². The maximum atomic E-state index is 10.3. The van der Waals surface area contributed by atoms with Crippen molar-refractivity contribution in [1.29, 1.82) is 0 Å². The van der Waals surface area contributed by atoms with E-state index in [9.17, 15) is 9.90 Å². The number of unbranched alkanes of at least 4 members (excludes halogenated alkanes) is 4. The van der Waals surface area contributed by atoms with Crippen molar-refractivity contribution >= 4 is 5.97 Å². The summed E-state index contributed by atoms with van der Waals surface area (Å²) in [5.41, 5.74) is 0. The Hall–Kier alpha value is -1.61. The third kappa shape index (κ3) is 18.3. The van der Waals surface area contributed by atoms with Gasteiger partial charge < -0.3 is 10.2 Å². The molecule has 0 fully saturated rings. The van der Waals surface area contributed by atoms with Crippen LogP contribution in [0.15, 0.2) is 48.6 Å². The molecule has 2 N–H and O–H groups in total. The number of carboxylic acids is 1. The highest BCUT2D eigenvalue weighted by molar-refractivity contribution is 5.66. The molecule has 1 atom stereocenters. The van der Waals surface area contributed by atoms with E-state index in [0.29, 0.717) is 12.8 Å². The number of aliphatic hydroxyl groups excluding tert-OH is 1. The third-order valence-corrected chi connectivity index (χ3v) is 3.30. The standard InChI is InChI=1S/C20H32O3/c1-2-3-4-5-6-7-8-10-13-16-19(21)17-14-11-9-12-15-18-20(22)23/h6-7,9-11,13-14,17,19,21H,2-5,8,12,15-16,18H2,1H3,(H,22,23)/b7-6-,11-9+,13-10-,17-14-/t19-/m1/s1. The van der Waals surface area contributed by atoms with Gasteiger partial charge in [0.15, 0.2) is 0 Å². The Bertz CT molecular complexity index is 392. The Balaban J connectivity index is 3.62. The van der Waals surface area contributed by atoms with Crippen LogP contribution in [0.3, 0.4) is 0 Å². The van der Waals surface area contributed by atoms with E-state index in [0.717, 1.165) is 19.3 Å². The van der Waals surface area contributed by atoms with Gasteiger partial charge in [0.2, 0.25) is 0 Å². The van der Waals surface area contributed by atoms with Crippen molar-refractivity contribution in [3.05, 3.63) is 48.6 Å². The Morgan fingerprint density at radius 1 is 0.957 bits per heavy atom. The van der Waals surface area contributed by atoms with E-state index in [4.69, 9.17) is 5.11 Å². The van der Waals surface area contributed by atoms with Crippen molar-refractivity contribution in [3.63, 3.8) is 0 Å². The summed E-state index contributed by atoms with van der Waals surface area (Å²) in [4.78, 5) is 10.3. The highest BCUT2D eigenvalue weighted by atomic mass is 16.4. The van der Waals surface area contributed by atoms with E-state index in [2.05, 4.69) is 25.2 Å². The summed E-state index contributed by atoms with van der Waals surface area (Å²) in [6.07, 6.45) is 23.5. The smallest absolute Gasteiger partial charge is 0.303 e. The Kier molecular flexibility index (Phi) is 15.6. The molecule has 0 unspecified atom stereocenters. The second-order valence-corrected chi connectivity index (χ2v) is 5.58. The molecule has 0 radical (unpaired) electrons. The van der Waals surface area contributed by atoms with Gasteiger partial charge in [0.25, 0.3) is 0 Å². The Morgan fingerprint density at radius 2 is 1.70 bits per heavy atom. The van der Waals surface area contributed by atoms with Crippen LogP contribution in [0.5, 0.6) is 0 Å². The second-order valence-electron chi connectivity index (χ2n) is 5.58. The number of hydrogen-bond donors (Lipinski definition) is 2. The predicted molar refractivity (Wildman–Crippen MR) is 97.4 cm³/mol. The van der Waals surface area contributed by atoms with Crippen molar-refractivity contribution in [3.8, 4) is 0 Å².